The molecular weight excluding hydrogens is 202 g/mol. The third-order valence-electron chi connectivity index (χ3n) is 4.28. The third kappa shape index (κ3) is 2.76. The van der Waals surface area contributed by atoms with Gasteiger partial charge in [0.05, 0.1) is 6.10 Å². The van der Waals surface area contributed by atoms with Crippen molar-refractivity contribution in [3.8, 4) is 0 Å². The molecule has 0 aromatic heterocycles. The Morgan fingerprint density at radius 3 is 2.69 bits per heavy atom. The number of rotatable bonds is 3. The Bertz CT molecular complexity index is 254. The minimum absolute atomic E-state index is 0.132. The maximum atomic E-state index is 11.9. The standard InChI is InChI=1S/C13H23NO2/c1-9-3-2-4-12(9)13(16)14-8-10-5-6-11(15)7-10/h9-12,15H,2-8H2,1H3,(H,14,16). The molecule has 3 heteroatoms. The van der Waals surface area contributed by atoms with Gasteiger partial charge in [0.15, 0.2) is 0 Å². The average Bonchev–Trinajstić information content (AvgIpc) is 2.84. The molecule has 2 rings (SSSR count). The molecule has 0 aliphatic heterocycles. The number of nitrogens with one attached hydrogen (secondary N) is 1. The molecule has 2 aliphatic carbocycles. The highest BCUT2D eigenvalue weighted by atomic mass is 16.3. The van der Waals surface area contributed by atoms with Crippen LogP contribution in [0.5, 0.6) is 0 Å². The van der Waals surface area contributed by atoms with Crippen molar-refractivity contribution >= 4 is 5.91 Å². The van der Waals surface area contributed by atoms with Gasteiger partial charge >= 0.3 is 0 Å². The number of carbonyl (C=O) groups excluding carboxylic acids is 1. The molecule has 2 fully saturated rings. The zero-order valence-corrected chi connectivity index (χ0v) is 10.1. The van der Waals surface area contributed by atoms with Gasteiger partial charge in [-0.25, -0.2) is 0 Å². The smallest absolute Gasteiger partial charge is 0.223 e. The largest absolute Gasteiger partial charge is 0.393 e. The van der Waals surface area contributed by atoms with Crippen molar-refractivity contribution in [2.75, 3.05) is 6.54 Å². The normalized spacial score (nSPS) is 38.9. The molecule has 4 unspecified atom stereocenters. The van der Waals surface area contributed by atoms with E-state index in [1.54, 1.807) is 0 Å². The Labute approximate surface area is 97.6 Å². The van der Waals surface area contributed by atoms with Crippen molar-refractivity contribution in [3.05, 3.63) is 0 Å². The van der Waals surface area contributed by atoms with Gasteiger partial charge in [-0.3, -0.25) is 4.79 Å². The number of amides is 1. The minimum atomic E-state index is -0.132. The van der Waals surface area contributed by atoms with Crippen molar-refractivity contribution < 1.29 is 9.90 Å². The van der Waals surface area contributed by atoms with E-state index in [-0.39, 0.29) is 17.9 Å². The summed E-state index contributed by atoms with van der Waals surface area (Å²) >= 11 is 0. The first kappa shape index (κ1) is 11.9. The minimum Gasteiger partial charge on any atom is -0.393 e. The van der Waals surface area contributed by atoms with Crippen LogP contribution in [-0.2, 0) is 4.79 Å². The van der Waals surface area contributed by atoms with Gasteiger partial charge in [0.1, 0.15) is 0 Å². The summed E-state index contributed by atoms with van der Waals surface area (Å²) in [6, 6.07) is 0. The topological polar surface area (TPSA) is 49.3 Å². The van der Waals surface area contributed by atoms with Crippen molar-refractivity contribution in [3.63, 3.8) is 0 Å². The Morgan fingerprint density at radius 2 is 2.12 bits per heavy atom. The molecule has 0 aromatic rings. The molecule has 0 radical (unpaired) electrons. The lowest BCUT2D eigenvalue weighted by atomic mass is 9.97. The summed E-state index contributed by atoms with van der Waals surface area (Å²) in [5, 5.41) is 12.5. The van der Waals surface area contributed by atoms with Crippen molar-refractivity contribution in [1.82, 2.24) is 5.32 Å². The van der Waals surface area contributed by atoms with E-state index in [1.165, 1.54) is 12.8 Å². The van der Waals surface area contributed by atoms with E-state index in [9.17, 15) is 9.90 Å². The highest BCUT2D eigenvalue weighted by Gasteiger charge is 2.30. The van der Waals surface area contributed by atoms with Crippen LogP contribution < -0.4 is 5.32 Å². The Hall–Kier alpha value is -0.570. The van der Waals surface area contributed by atoms with Crippen molar-refractivity contribution in [2.45, 2.75) is 51.6 Å². The van der Waals surface area contributed by atoms with E-state index >= 15 is 0 Å². The molecule has 0 spiro atoms. The van der Waals surface area contributed by atoms with Gasteiger partial charge in [0, 0.05) is 12.5 Å². The van der Waals surface area contributed by atoms with Crippen LogP contribution >= 0.6 is 0 Å². The van der Waals surface area contributed by atoms with Gasteiger partial charge in [0.2, 0.25) is 5.91 Å². The van der Waals surface area contributed by atoms with Crippen LogP contribution in [0.4, 0.5) is 0 Å². The van der Waals surface area contributed by atoms with E-state index in [4.69, 9.17) is 0 Å². The van der Waals surface area contributed by atoms with Gasteiger partial charge in [0.25, 0.3) is 0 Å². The third-order valence-corrected chi connectivity index (χ3v) is 4.28. The second-order valence-corrected chi connectivity index (χ2v) is 5.59. The molecule has 92 valence electrons. The van der Waals surface area contributed by atoms with Crippen LogP contribution in [-0.4, -0.2) is 23.7 Å². The van der Waals surface area contributed by atoms with E-state index in [1.807, 2.05) is 0 Å². The summed E-state index contributed by atoms with van der Waals surface area (Å²) in [7, 11) is 0. The van der Waals surface area contributed by atoms with E-state index in [0.29, 0.717) is 11.8 Å². The van der Waals surface area contributed by atoms with Crippen LogP contribution in [0.15, 0.2) is 0 Å². The Morgan fingerprint density at radius 1 is 1.31 bits per heavy atom. The molecule has 1 amide bonds. The first-order valence-corrected chi connectivity index (χ1v) is 6.62. The van der Waals surface area contributed by atoms with E-state index < -0.39 is 0 Å². The maximum absolute atomic E-state index is 11.9. The second kappa shape index (κ2) is 5.17. The van der Waals surface area contributed by atoms with E-state index in [2.05, 4.69) is 12.2 Å². The van der Waals surface area contributed by atoms with Crippen LogP contribution in [0, 0.1) is 17.8 Å². The average molecular weight is 225 g/mol. The van der Waals surface area contributed by atoms with Gasteiger partial charge in [-0.05, 0) is 43.9 Å². The SMILES string of the molecule is CC1CCCC1C(=O)NCC1CCC(O)C1. The molecule has 0 bridgehead atoms. The maximum Gasteiger partial charge on any atom is 0.223 e. The fraction of sp³-hybridized carbons (Fsp3) is 0.923. The van der Waals surface area contributed by atoms with Crippen LogP contribution in [0.1, 0.15) is 45.4 Å². The van der Waals surface area contributed by atoms with Gasteiger partial charge in [-0.1, -0.05) is 13.3 Å². The predicted molar refractivity (Wildman–Crippen MR) is 62.9 cm³/mol. The number of hydrogen-bond donors (Lipinski definition) is 2. The summed E-state index contributed by atoms with van der Waals surface area (Å²) in [5.74, 6) is 1.53. The zero-order valence-electron chi connectivity index (χ0n) is 10.1. The fourth-order valence-electron chi connectivity index (χ4n) is 3.14. The van der Waals surface area contributed by atoms with Gasteiger partial charge < -0.3 is 10.4 Å². The summed E-state index contributed by atoms with van der Waals surface area (Å²) in [6.45, 7) is 2.94. The van der Waals surface area contributed by atoms with Crippen molar-refractivity contribution in [1.29, 1.82) is 0 Å². The van der Waals surface area contributed by atoms with E-state index in [0.717, 1.165) is 32.2 Å². The highest BCUT2D eigenvalue weighted by Crippen LogP contribution is 2.31. The van der Waals surface area contributed by atoms with Crippen LogP contribution in [0.3, 0.4) is 0 Å². The number of aliphatic hydroxyl groups excluding tert-OH is 1. The van der Waals surface area contributed by atoms with Crippen LogP contribution in [0.2, 0.25) is 0 Å². The number of hydrogen-bond acceptors (Lipinski definition) is 2. The molecule has 2 N–H and O–H groups in total. The molecule has 2 saturated carbocycles. The highest BCUT2D eigenvalue weighted by molar-refractivity contribution is 5.79. The predicted octanol–water partition coefficient (Wildman–Crippen LogP) is 1.70. The fourth-order valence-corrected chi connectivity index (χ4v) is 3.14. The lowest BCUT2D eigenvalue weighted by Crippen LogP contribution is -2.35. The molecular formula is C13H23NO2. The zero-order chi connectivity index (χ0) is 11.5. The quantitative estimate of drug-likeness (QED) is 0.768. The summed E-state index contributed by atoms with van der Waals surface area (Å²) < 4.78 is 0. The lowest BCUT2D eigenvalue weighted by molar-refractivity contribution is -0.126. The summed E-state index contributed by atoms with van der Waals surface area (Å²) in [4.78, 5) is 11.9. The first-order valence-electron chi connectivity index (χ1n) is 6.62. The number of carbonyl (C=O) groups is 1. The molecule has 4 atom stereocenters. The lowest BCUT2D eigenvalue weighted by Gasteiger charge is -2.17. The Kier molecular flexibility index (Phi) is 3.85. The summed E-state index contributed by atoms with van der Waals surface area (Å²) in [5.41, 5.74) is 0. The first-order chi connectivity index (χ1) is 7.66. The van der Waals surface area contributed by atoms with Crippen LogP contribution in [0.25, 0.3) is 0 Å². The molecule has 3 nitrogen and oxygen atoms in total. The van der Waals surface area contributed by atoms with Crippen molar-refractivity contribution in [2.24, 2.45) is 17.8 Å². The molecule has 0 saturated heterocycles. The summed E-state index contributed by atoms with van der Waals surface area (Å²) in [6.07, 6.45) is 6.14. The van der Waals surface area contributed by atoms with Gasteiger partial charge in [-0.2, -0.15) is 0 Å². The van der Waals surface area contributed by atoms with Gasteiger partial charge in [-0.15, -0.1) is 0 Å². The molecule has 0 heterocycles. The molecule has 2 aliphatic rings. The Balaban J connectivity index is 1.71. The molecule has 0 aromatic carbocycles. The second-order valence-electron chi connectivity index (χ2n) is 5.59. The monoisotopic (exact) mass is 225 g/mol. The molecule has 16 heavy (non-hydrogen) atoms. The number of aliphatic hydroxyl groups is 1.